The van der Waals surface area contributed by atoms with Crippen LogP contribution in [0, 0.1) is 5.92 Å². The van der Waals surface area contributed by atoms with Crippen molar-refractivity contribution in [2.24, 2.45) is 5.92 Å². The van der Waals surface area contributed by atoms with Crippen LogP contribution >= 0.6 is 12.4 Å². The van der Waals surface area contributed by atoms with Crippen LogP contribution in [0.2, 0.25) is 0 Å². The quantitative estimate of drug-likeness (QED) is 0.900. The molecule has 1 aliphatic rings. The van der Waals surface area contributed by atoms with E-state index in [1.165, 1.54) is 5.56 Å². The van der Waals surface area contributed by atoms with Gasteiger partial charge in [0.25, 0.3) is 0 Å². The Morgan fingerprint density at radius 3 is 2.47 bits per heavy atom. The van der Waals surface area contributed by atoms with E-state index in [2.05, 4.69) is 31.3 Å². The zero-order valence-electron chi connectivity index (χ0n) is 11.6. The van der Waals surface area contributed by atoms with Gasteiger partial charge in [0.15, 0.2) is 0 Å². The highest BCUT2D eigenvalue weighted by Gasteiger charge is 2.31. The first-order chi connectivity index (χ1) is 8.72. The monoisotopic (exact) mass is 282 g/mol. The van der Waals surface area contributed by atoms with Crippen LogP contribution in [0.3, 0.4) is 0 Å². The average molecular weight is 283 g/mol. The molecule has 106 valence electrons. The maximum atomic E-state index is 12.4. The first-order valence-corrected chi connectivity index (χ1v) is 6.77. The number of halogens is 1. The maximum absolute atomic E-state index is 12.4. The molecule has 1 aliphatic heterocycles. The lowest BCUT2D eigenvalue weighted by atomic mass is 10.00. The highest BCUT2D eigenvalue weighted by atomic mass is 35.5. The molecule has 1 saturated heterocycles. The van der Waals surface area contributed by atoms with Crippen molar-refractivity contribution in [2.45, 2.75) is 32.9 Å². The second-order valence-corrected chi connectivity index (χ2v) is 5.06. The lowest BCUT2D eigenvalue weighted by Crippen LogP contribution is -2.53. The summed E-state index contributed by atoms with van der Waals surface area (Å²) in [4.78, 5) is 14.4. The van der Waals surface area contributed by atoms with Crippen LogP contribution in [0.25, 0.3) is 0 Å². The molecule has 1 aromatic carbocycles. The van der Waals surface area contributed by atoms with Crippen LogP contribution in [0.4, 0.5) is 0 Å². The summed E-state index contributed by atoms with van der Waals surface area (Å²) in [7, 11) is 0. The van der Waals surface area contributed by atoms with Gasteiger partial charge in [0.1, 0.15) is 0 Å². The Kier molecular flexibility index (Phi) is 6.32. The summed E-state index contributed by atoms with van der Waals surface area (Å²) >= 11 is 0. The summed E-state index contributed by atoms with van der Waals surface area (Å²) in [6, 6.07) is 10.5. The summed E-state index contributed by atoms with van der Waals surface area (Å²) in [6.07, 6.45) is 0.999. The highest BCUT2D eigenvalue weighted by Crippen LogP contribution is 2.16. The van der Waals surface area contributed by atoms with Crippen molar-refractivity contribution in [1.82, 2.24) is 10.2 Å². The van der Waals surface area contributed by atoms with Gasteiger partial charge in [-0.2, -0.15) is 0 Å². The third-order valence-electron chi connectivity index (χ3n) is 3.73. The normalized spacial score (nSPS) is 16.1. The van der Waals surface area contributed by atoms with Gasteiger partial charge in [-0.1, -0.05) is 37.3 Å². The van der Waals surface area contributed by atoms with E-state index in [1.807, 2.05) is 23.1 Å². The van der Waals surface area contributed by atoms with Crippen molar-refractivity contribution in [3.8, 4) is 0 Å². The smallest absolute Gasteiger partial charge is 0.228 e. The minimum Gasteiger partial charge on any atom is -0.335 e. The molecule has 1 amide bonds. The minimum absolute atomic E-state index is 0. The molecule has 0 saturated carbocycles. The number of hydrogen-bond acceptors (Lipinski definition) is 2. The second kappa shape index (κ2) is 7.51. The second-order valence-electron chi connectivity index (χ2n) is 5.06. The highest BCUT2D eigenvalue weighted by molar-refractivity contribution is 5.85. The minimum atomic E-state index is 0. The Morgan fingerprint density at radius 1 is 1.37 bits per heavy atom. The number of carbonyl (C=O) groups excluding carboxylic acids is 1. The van der Waals surface area contributed by atoms with Gasteiger partial charge in [-0.05, 0) is 18.9 Å². The summed E-state index contributed by atoms with van der Waals surface area (Å²) in [5.74, 6) is 0.481. The Balaban J connectivity index is 0.00000180. The standard InChI is InChI=1S/C15H22N2O.ClH/c1-3-12(2)17(15(18)14-9-16-10-14)11-13-7-5-4-6-8-13;/h4-8,12,14,16H,3,9-11H2,1-2H3;1H. The summed E-state index contributed by atoms with van der Waals surface area (Å²) in [5.41, 5.74) is 1.21. The van der Waals surface area contributed by atoms with Crippen LogP contribution in [-0.2, 0) is 11.3 Å². The molecule has 1 aromatic rings. The molecule has 1 fully saturated rings. The molecule has 1 unspecified atom stereocenters. The van der Waals surface area contributed by atoms with E-state index in [4.69, 9.17) is 0 Å². The van der Waals surface area contributed by atoms with Gasteiger partial charge in [0.05, 0.1) is 5.92 Å². The number of carbonyl (C=O) groups is 1. The number of benzene rings is 1. The average Bonchev–Trinajstić information content (AvgIpc) is 2.34. The zero-order chi connectivity index (χ0) is 13.0. The predicted octanol–water partition coefficient (Wildman–Crippen LogP) is 2.45. The molecule has 4 heteroatoms. The van der Waals surface area contributed by atoms with E-state index in [0.29, 0.717) is 11.9 Å². The first-order valence-electron chi connectivity index (χ1n) is 6.77. The third kappa shape index (κ3) is 3.95. The Labute approximate surface area is 121 Å². The molecule has 0 spiro atoms. The molecule has 1 heterocycles. The number of nitrogens with one attached hydrogen (secondary N) is 1. The predicted molar refractivity (Wildman–Crippen MR) is 80.4 cm³/mol. The molecule has 19 heavy (non-hydrogen) atoms. The molecule has 0 aliphatic carbocycles. The fourth-order valence-corrected chi connectivity index (χ4v) is 2.15. The Morgan fingerprint density at radius 2 is 2.00 bits per heavy atom. The van der Waals surface area contributed by atoms with E-state index in [0.717, 1.165) is 26.1 Å². The molecule has 0 bridgehead atoms. The lowest BCUT2D eigenvalue weighted by molar-refractivity contribution is -0.140. The molecule has 3 nitrogen and oxygen atoms in total. The van der Waals surface area contributed by atoms with Crippen molar-refractivity contribution in [3.05, 3.63) is 35.9 Å². The SMILES string of the molecule is CCC(C)N(Cc1ccccc1)C(=O)C1CNC1.Cl. The first kappa shape index (κ1) is 16.0. The van der Waals surface area contributed by atoms with E-state index in [1.54, 1.807) is 0 Å². The van der Waals surface area contributed by atoms with Crippen molar-refractivity contribution in [1.29, 1.82) is 0 Å². The fourth-order valence-electron chi connectivity index (χ4n) is 2.15. The Hall–Kier alpha value is -1.06. The van der Waals surface area contributed by atoms with Gasteiger partial charge in [-0.25, -0.2) is 0 Å². The van der Waals surface area contributed by atoms with Gasteiger partial charge < -0.3 is 10.2 Å². The number of rotatable bonds is 5. The number of nitrogens with zero attached hydrogens (tertiary/aromatic N) is 1. The van der Waals surface area contributed by atoms with E-state index >= 15 is 0 Å². The van der Waals surface area contributed by atoms with Crippen molar-refractivity contribution in [2.75, 3.05) is 13.1 Å². The number of hydrogen-bond donors (Lipinski definition) is 1. The molecule has 1 N–H and O–H groups in total. The molecule has 0 radical (unpaired) electrons. The van der Waals surface area contributed by atoms with E-state index < -0.39 is 0 Å². The molecule has 0 aromatic heterocycles. The summed E-state index contributed by atoms with van der Waals surface area (Å²) < 4.78 is 0. The van der Waals surface area contributed by atoms with Gasteiger partial charge in [0.2, 0.25) is 5.91 Å². The topological polar surface area (TPSA) is 32.3 Å². The summed E-state index contributed by atoms with van der Waals surface area (Å²) in [6.45, 7) is 6.66. The van der Waals surface area contributed by atoms with Crippen LogP contribution in [-0.4, -0.2) is 29.9 Å². The molecule has 2 rings (SSSR count). The largest absolute Gasteiger partial charge is 0.335 e. The van der Waals surface area contributed by atoms with Crippen LogP contribution < -0.4 is 5.32 Å². The van der Waals surface area contributed by atoms with E-state index in [9.17, 15) is 4.79 Å². The Bertz CT molecular complexity index is 392. The van der Waals surface area contributed by atoms with Crippen molar-refractivity contribution in [3.63, 3.8) is 0 Å². The fraction of sp³-hybridized carbons (Fsp3) is 0.533. The third-order valence-corrected chi connectivity index (χ3v) is 3.73. The van der Waals surface area contributed by atoms with Crippen molar-refractivity contribution >= 4 is 18.3 Å². The van der Waals surface area contributed by atoms with Gasteiger partial charge >= 0.3 is 0 Å². The van der Waals surface area contributed by atoms with Crippen LogP contribution in [0.1, 0.15) is 25.8 Å². The molecular weight excluding hydrogens is 260 g/mol. The summed E-state index contributed by atoms with van der Waals surface area (Å²) in [5, 5.41) is 3.17. The molecular formula is C15H23ClN2O. The maximum Gasteiger partial charge on any atom is 0.228 e. The van der Waals surface area contributed by atoms with Gasteiger partial charge in [-0.15, -0.1) is 12.4 Å². The van der Waals surface area contributed by atoms with E-state index in [-0.39, 0.29) is 18.3 Å². The van der Waals surface area contributed by atoms with Crippen LogP contribution in [0.15, 0.2) is 30.3 Å². The van der Waals surface area contributed by atoms with Crippen LogP contribution in [0.5, 0.6) is 0 Å². The van der Waals surface area contributed by atoms with Gasteiger partial charge in [-0.3, -0.25) is 4.79 Å². The van der Waals surface area contributed by atoms with Gasteiger partial charge in [0, 0.05) is 25.7 Å². The number of amides is 1. The molecule has 1 atom stereocenters. The lowest BCUT2D eigenvalue weighted by Gasteiger charge is -2.35. The van der Waals surface area contributed by atoms with Crippen molar-refractivity contribution < 1.29 is 4.79 Å². The zero-order valence-corrected chi connectivity index (χ0v) is 12.5.